The molecule has 1 amide bonds. The zero-order chi connectivity index (χ0) is 17.8. The number of amides is 1. The zero-order valence-electron chi connectivity index (χ0n) is 13.7. The molecule has 3 rings (SSSR count). The fourth-order valence-corrected chi connectivity index (χ4v) is 2.22. The van der Waals surface area contributed by atoms with Crippen LogP contribution in [0, 0.1) is 6.92 Å². The minimum absolute atomic E-state index is 0.102. The first kappa shape index (κ1) is 16.3. The summed E-state index contributed by atoms with van der Waals surface area (Å²) in [5, 5.41) is 19.3. The number of aromatic nitrogens is 5. The molecule has 0 aliphatic rings. The second-order valence-electron chi connectivity index (χ2n) is 5.30. The molecule has 2 heterocycles. The maximum atomic E-state index is 12.0. The molecule has 0 aliphatic heterocycles. The Bertz CT molecular complexity index is 913. The number of carbonyl (C=O) groups is 1. The molecule has 25 heavy (non-hydrogen) atoms. The van der Waals surface area contributed by atoms with E-state index in [0.29, 0.717) is 17.1 Å². The highest BCUT2D eigenvalue weighted by atomic mass is 16.6. The maximum Gasteiger partial charge on any atom is 0.244 e. The lowest BCUT2D eigenvalue weighted by atomic mass is 10.1. The highest BCUT2D eigenvalue weighted by Crippen LogP contribution is 2.14. The van der Waals surface area contributed by atoms with Gasteiger partial charge in [0.25, 0.3) is 0 Å². The average Bonchev–Trinajstić information content (AvgIpc) is 3.19. The number of hydrogen-bond acceptors (Lipinski definition) is 8. The van der Waals surface area contributed by atoms with Gasteiger partial charge in [-0.2, -0.15) is 9.78 Å². The van der Waals surface area contributed by atoms with E-state index in [1.54, 1.807) is 13.8 Å². The first-order chi connectivity index (χ1) is 12.1. The van der Waals surface area contributed by atoms with E-state index in [0.717, 1.165) is 5.56 Å². The number of carbonyl (C=O) groups excluding carboxylic acids is 1. The van der Waals surface area contributed by atoms with Crippen LogP contribution in [0.25, 0.3) is 5.82 Å². The normalized spacial score (nSPS) is 11.5. The van der Waals surface area contributed by atoms with Crippen LogP contribution >= 0.6 is 0 Å². The second kappa shape index (κ2) is 6.91. The number of nitrogens with zero attached hydrogens (tertiary/aromatic N) is 6. The highest BCUT2D eigenvalue weighted by molar-refractivity contribution is 5.98. The van der Waals surface area contributed by atoms with Crippen molar-refractivity contribution in [2.45, 2.75) is 20.3 Å². The Labute approximate surface area is 142 Å². The number of anilines is 1. The van der Waals surface area contributed by atoms with Crippen LogP contribution in [0.4, 0.5) is 5.82 Å². The van der Waals surface area contributed by atoms with Crippen LogP contribution in [0.3, 0.4) is 0 Å². The van der Waals surface area contributed by atoms with E-state index in [1.807, 2.05) is 30.3 Å². The zero-order valence-corrected chi connectivity index (χ0v) is 13.7. The summed E-state index contributed by atoms with van der Waals surface area (Å²) in [5.41, 5.74) is 10.7. The number of rotatable bonds is 5. The number of hydrazone groups is 1. The van der Waals surface area contributed by atoms with Crippen LogP contribution in [0.2, 0.25) is 0 Å². The fraction of sp³-hybridized carbons (Fsp3) is 0.200. The average molecular weight is 340 g/mol. The molecular formula is C15H16N8O2. The second-order valence-corrected chi connectivity index (χ2v) is 5.30. The van der Waals surface area contributed by atoms with E-state index in [1.165, 1.54) is 4.68 Å². The van der Waals surface area contributed by atoms with Gasteiger partial charge in [0.05, 0.1) is 17.8 Å². The molecule has 10 heteroatoms. The number of hydrogen-bond donors (Lipinski definition) is 2. The molecule has 1 aromatic carbocycles. The summed E-state index contributed by atoms with van der Waals surface area (Å²) in [5.74, 6) is 0.128. The van der Waals surface area contributed by atoms with Gasteiger partial charge in [0.1, 0.15) is 5.69 Å². The summed E-state index contributed by atoms with van der Waals surface area (Å²) >= 11 is 0. The van der Waals surface area contributed by atoms with Crippen molar-refractivity contribution >= 4 is 17.4 Å². The molecule has 3 aromatic rings. The molecule has 0 bridgehead atoms. The molecule has 0 spiro atoms. The lowest BCUT2D eigenvalue weighted by Crippen LogP contribution is -2.21. The predicted molar refractivity (Wildman–Crippen MR) is 88.9 cm³/mol. The van der Waals surface area contributed by atoms with Gasteiger partial charge in [-0.05, 0) is 29.7 Å². The summed E-state index contributed by atoms with van der Waals surface area (Å²) in [4.78, 5) is 12.0. The molecule has 0 unspecified atom stereocenters. The third-order valence-electron chi connectivity index (χ3n) is 3.49. The highest BCUT2D eigenvalue weighted by Gasteiger charge is 2.18. The van der Waals surface area contributed by atoms with Crippen LogP contribution in [0.5, 0.6) is 0 Å². The van der Waals surface area contributed by atoms with Crippen molar-refractivity contribution in [2.75, 3.05) is 5.73 Å². The topological polar surface area (TPSA) is 137 Å². The molecule has 0 fully saturated rings. The Hall–Kier alpha value is -3.56. The summed E-state index contributed by atoms with van der Waals surface area (Å²) in [6.07, 6.45) is 0.241. The van der Waals surface area contributed by atoms with Crippen molar-refractivity contribution in [1.29, 1.82) is 0 Å². The third kappa shape index (κ3) is 3.52. The number of nitrogen functional groups attached to an aromatic ring is 1. The van der Waals surface area contributed by atoms with Gasteiger partial charge in [0.2, 0.25) is 17.5 Å². The molecule has 2 aromatic heterocycles. The van der Waals surface area contributed by atoms with Crippen molar-refractivity contribution in [2.24, 2.45) is 5.10 Å². The van der Waals surface area contributed by atoms with Crippen LogP contribution in [0.1, 0.15) is 23.9 Å². The molecule has 128 valence electrons. The van der Waals surface area contributed by atoms with Crippen LogP contribution < -0.4 is 11.2 Å². The van der Waals surface area contributed by atoms with Gasteiger partial charge in [-0.15, -0.1) is 5.10 Å². The summed E-state index contributed by atoms with van der Waals surface area (Å²) < 4.78 is 5.95. The molecule has 0 radical (unpaired) electrons. The van der Waals surface area contributed by atoms with Crippen molar-refractivity contribution in [3.05, 3.63) is 47.3 Å². The first-order valence-electron chi connectivity index (χ1n) is 7.44. The van der Waals surface area contributed by atoms with Crippen molar-refractivity contribution in [1.82, 2.24) is 30.7 Å². The maximum absolute atomic E-state index is 12.0. The van der Waals surface area contributed by atoms with Crippen molar-refractivity contribution in [3.63, 3.8) is 0 Å². The van der Waals surface area contributed by atoms with Crippen LogP contribution in [-0.2, 0) is 11.2 Å². The Kier molecular flexibility index (Phi) is 4.50. The first-order valence-corrected chi connectivity index (χ1v) is 7.44. The van der Waals surface area contributed by atoms with E-state index in [4.69, 9.17) is 5.73 Å². The van der Waals surface area contributed by atoms with Gasteiger partial charge in [-0.25, -0.2) is 10.1 Å². The van der Waals surface area contributed by atoms with Gasteiger partial charge in [0.15, 0.2) is 0 Å². The van der Waals surface area contributed by atoms with E-state index in [2.05, 4.69) is 35.8 Å². The Morgan fingerprint density at radius 3 is 2.76 bits per heavy atom. The summed E-state index contributed by atoms with van der Waals surface area (Å²) in [6, 6.07) is 9.41. The van der Waals surface area contributed by atoms with Gasteiger partial charge >= 0.3 is 0 Å². The predicted octanol–water partition coefficient (Wildman–Crippen LogP) is 0.624. The van der Waals surface area contributed by atoms with Crippen molar-refractivity contribution in [3.8, 4) is 5.82 Å². The lowest BCUT2D eigenvalue weighted by molar-refractivity contribution is -0.120. The molecule has 0 saturated heterocycles. The van der Waals surface area contributed by atoms with Gasteiger partial charge in [-0.1, -0.05) is 35.5 Å². The smallest absolute Gasteiger partial charge is 0.244 e. The molecular weight excluding hydrogens is 324 g/mol. The van der Waals surface area contributed by atoms with Crippen LogP contribution in [-0.4, -0.2) is 36.9 Å². The van der Waals surface area contributed by atoms with Gasteiger partial charge < -0.3 is 5.73 Å². The molecule has 3 N–H and O–H groups in total. The van der Waals surface area contributed by atoms with E-state index < -0.39 is 0 Å². The molecule has 0 saturated carbocycles. The summed E-state index contributed by atoms with van der Waals surface area (Å²) in [6.45, 7) is 3.49. The Morgan fingerprint density at radius 1 is 1.32 bits per heavy atom. The van der Waals surface area contributed by atoms with Gasteiger partial charge in [0, 0.05) is 0 Å². The number of benzene rings is 1. The standard InChI is InChI=1S/C15H16N8O2/c1-9(17-18-12(24)8-11-6-4-3-5-7-11)13-10(2)23(22-19-13)15-14(16)20-25-21-15/h3-7H,8H2,1-2H3,(H2,16,20)(H,18,24)/b17-9+. The Balaban J connectivity index is 1.72. The molecule has 0 aliphatic carbocycles. The quantitative estimate of drug-likeness (QED) is 0.513. The van der Waals surface area contributed by atoms with Gasteiger partial charge in [-0.3, -0.25) is 4.79 Å². The van der Waals surface area contributed by atoms with E-state index in [9.17, 15) is 4.79 Å². The molecule has 10 nitrogen and oxygen atoms in total. The Morgan fingerprint density at radius 2 is 2.08 bits per heavy atom. The summed E-state index contributed by atoms with van der Waals surface area (Å²) in [7, 11) is 0. The molecule has 0 atom stereocenters. The van der Waals surface area contributed by atoms with Crippen molar-refractivity contribution < 1.29 is 9.42 Å². The number of nitrogens with one attached hydrogen (secondary N) is 1. The van der Waals surface area contributed by atoms with Crippen LogP contribution in [0.15, 0.2) is 40.1 Å². The minimum atomic E-state index is -0.222. The SMILES string of the molecule is C/C(=N\NC(=O)Cc1ccccc1)c1nnn(-c2nonc2N)c1C. The van der Waals surface area contributed by atoms with E-state index in [-0.39, 0.29) is 24.0 Å². The number of nitrogens with two attached hydrogens (primary N) is 1. The van der Waals surface area contributed by atoms with E-state index >= 15 is 0 Å². The fourth-order valence-electron chi connectivity index (χ4n) is 2.22. The lowest BCUT2D eigenvalue weighted by Gasteiger charge is -2.02. The largest absolute Gasteiger partial charge is 0.378 e. The minimum Gasteiger partial charge on any atom is -0.378 e. The monoisotopic (exact) mass is 340 g/mol. The third-order valence-corrected chi connectivity index (χ3v) is 3.49.